The van der Waals surface area contributed by atoms with Crippen molar-refractivity contribution in [2.75, 3.05) is 5.73 Å². The van der Waals surface area contributed by atoms with E-state index in [-0.39, 0.29) is 5.91 Å². The monoisotopic (exact) mass is 397 g/mol. The minimum absolute atomic E-state index is 0.0107. The van der Waals surface area contributed by atoms with Gasteiger partial charge in [-0.2, -0.15) is 0 Å². The third kappa shape index (κ3) is 3.30. The number of amides is 1. The number of hydrogen-bond acceptors (Lipinski definition) is 4. The number of aryl methyl sites for hydroxylation is 1. The summed E-state index contributed by atoms with van der Waals surface area (Å²) in [6, 6.07) is 18.0. The molecule has 30 heavy (non-hydrogen) atoms. The summed E-state index contributed by atoms with van der Waals surface area (Å²) in [5.74, 6) is 0.510. The summed E-state index contributed by atoms with van der Waals surface area (Å²) in [7, 11) is 0. The number of nitrogens with zero attached hydrogens (tertiary/aromatic N) is 3. The Balaban J connectivity index is 1.37. The van der Waals surface area contributed by atoms with Crippen LogP contribution in [0.25, 0.3) is 16.7 Å². The SMILES string of the molecule is Nc1ncnc2c3c(n(-c4ccc(CC(=O)NCc5ccccc5)cc4)c12)CCC3. The molecular weight excluding hydrogens is 374 g/mol. The Labute approximate surface area is 174 Å². The van der Waals surface area contributed by atoms with Crippen molar-refractivity contribution >= 4 is 22.8 Å². The van der Waals surface area contributed by atoms with Crippen LogP contribution in [0, 0.1) is 0 Å². The highest BCUT2D eigenvalue weighted by Gasteiger charge is 2.25. The molecule has 0 saturated carbocycles. The van der Waals surface area contributed by atoms with Gasteiger partial charge in [0.05, 0.1) is 11.9 Å². The number of anilines is 1. The number of rotatable bonds is 5. The molecule has 1 aliphatic rings. The number of aromatic nitrogens is 3. The number of nitrogens with one attached hydrogen (secondary N) is 1. The average molecular weight is 397 g/mol. The number of hydrogen-bond donors (Lipinski definition) is 2. The molecule has 0 saturated heterocycles. The molecule has 5 rings (SSSR count). The summed E-state index contributed by atoms with van der Waals surface area (Å²) >= 11 is 0. The van der Waals surface area contributed by atoms with E-state index in [1.54, 1.807) is 0 Å². The molecule has 1 aliphatic carbocycles. The first-order chi connectivity index (χ1) is 14.7. The minimum atomic E-state index is 0.0107. The zero-order valence-corrected chi connectivity index (χ0v) is 16.6. The zero-order chi connectivity index (χ0) is 20.5. The van der Waals surface area contributed by atoms with Crippen LogP contribution in [0.4, 0.5) is 5.82 Å². The van der Waals surface area contributed by atoms with Gasteiger partial charge in [-0.3, -0.25) is 4.79 Å². The van der Waals surface area contributed by atoms with Gasteiger partial charge in [0.2, 0.25) is 5.91 Å². The molecular formula is C24H23N5O. The highest BCUT2D eigenvalue weighted by atomic mass is 16.1. The summed E-state index contributed by atoms with van der Waals surface area (Å²) in [5, 5.41) is 2.98. The Morgan fingerprint density at radius 2 is 1.80 bits per heavy atom. The molecule has 2 aromatic heterocycles. The normalized spacial score (nSPS) is 12.8. The minimum Gasteiger partial charge on any atom is -0.382 e. The Morgan fingerprint density at radius 1 is 1.00 bits per heavy atom. The Hall–Kier alpha value is -3.67. The zero-order valence-electron chi connectivity index (χ0n) is 16.6. The third-order valence-corrected chi connectivity index (χ3v) is 5.71. The fraction of sp³-hybridized carbons (Fsp3) is 0.208. The molecule has 6 nitrogen and oxygen atoms in total. The number of carbonyl (C=O) groups excluding carboxylic acids is 1. The molecule has 0 atom stereocenters. The Morgan fingerprint density at radius 3 is 2.60 bits per heavy atom. The molecule has 3 N–H and O–H groups in total. The van der Waals surface area contributed by atoms with Crippen molar-refractivity contribution in [1.82, 2.24) is 19.9 Å². The largest absolute Gasteiger partial charge is 0.382 e. The van der Waals surface area contributed by atoms with Gasteiger partial charge in [-0.25, -0.2) is 9.97 Å². The molecule has 0 fully saturated rings. The molecule has 1 amide bonds. The van der Waals surface area contributed by atoms with Crippen molar-refractivity contribution in [3.05, 3.63) is 83.3 Å². The maximum absolute atomic E-state index is 12.3. The molecule has 0 unspecified atom stereocenters. The molecule has 0 bridgehead atoms. The van der Waals surface area contributed by atoms with Gasteiger partial charge in [-0.1, -0.05) is 42.5 Å². The number of fused-ring (bicyclic) bond motifs is 3. The van der Waals surface area contributed by atoms with Crippen LogP contribution in [0.1, 0.15) is 28.8 Å². The highest BCUT2D eigenvalue weighted by molar-refractivity contribution is 5.91. The van der Waals surface area contributed by atoms with Crippen LogP contribution < -0.4 is 11.1 Å². The Bertz CT molecular complexity index is 1210. The summed E-state index contributed by atoms with van der Waals surface area (Å²) in [4.78, 5) is 21.0. The summed E-state index contributed by atoms with van der Waals surface area (Å²) in [6.07, 6.45) is 5.05. The lowest BCUT2D eigenvalue weighted by Gasteiger charge is -2.11. The van der Waals surface area contributed by atoms with Gasteiger partial charge < -0.3 is 15.6 Å². The summed E-state index contributed by atoms with van der Waals surface area (Å²) in [6.45, 7) is 0.540. The first-order valence-electron chi connectivity index (χ1n) is 10.2. The van der Waals surface area contributed by atoms with Crippen molar-refractivity contribution in [3.63, 3.8) is 0 Å². The molecule has 0 radical (unpaired) electrons. The van der Waals surface area contributed by atoms with E-state index in [0.717, 1.165) is 47.1 Å². The molecule has 6 heteroatoms. The lowest BCUT2D eigenvalue weighted by atomic mass is 10.1. The van der Waals surface area contributed by atoms with Gasteiger partial charge in [-0.05, 0) is 48.1 Å². The average Bonchev–Trinajstić information content (AvgIpc) is 3.36. The van der Waals surface area contributed by atoms with E-state index >= 15 is 0 Å². The van der Waals surface area contributed by atoms with Crippen LogP contribution in [-0.2, 0) is 30.6 Å². The lowest BCUT2D eigenvalue weighted by Crippen LogP contribution is -2.24. The van der Waals surface area contributed by atoms with Crippen molar-refractivity contribution < 1.29 is 4.79 Å². The van der Waals surface area contributed by atoms with Gasteiger partial charge in [0.1, 0.15) is 11.8 Å². The second-order valence-electron chi connectivity index (χ2n) is 7.68. The summed E-state index contributed by atoms with van der Waals surface area (Å²) in [5.41, 5.74) is 13.7. The van der Waals surface area contributed by atoms with Gasteiger partial charge in [0, 0.05) is 17.9 Å². The number of nitrogen functional groups attached to an aromatic ring is 1. The molecule has 0 aliphatic heterocycles. The molecule has 0 spiro atoms. The van der Waals surface area contributed by atoms with Crippen LogP contribution in [0.3, 0.4) is 0 Å². The predicted octanol–water partition coefficient (Wildman–Crippen LogP) is 3.35. The standard InChI is InChI=1S/C24H23N5O/c25-24-23-22(27-15-28-24)19-7-4-8-20(19)29(23)18-11-9-16(10-12-18)13-21(30)26-14-17-5-2-1-3-6-17/h1-3,5-6,9-12,15H,4,7-8,13-14H2,(H,26,30)(H2,25,27,28). The van der Waals surface area contributed by atoms with E-state index in [9.17, 15) is 4.79 Å². The molecule has 2 heterocycles. The van der Waals surface area contributed by atoms with E-state index in [1.165, 1.54) is 17.6 Å². The van der Waals surface area contributed by atoms with Crippen molar-refractivity contribution in [3.8, 4) is 5.69 Å². The van der Waals surface area contributed by atoms with Crippen molar-refractivity contribution in [2.24, 2.45) is 0 Å². The molecule has 2 aromatic carbocycles. The first-order valence-corrected chi connectivity index (χ1v) is 10.2. The Kier molecular flexibility index (Phi) is 4.67. The molecule has 150 valence electrons. The third-order valence-electron chi connectivity index (χ3n) is 5.71. The molecule has 4 aromatic rings. The van der Waals surface area contributed by atoms with Crippen molar-refractivity contribution in [1.29, 1.82) is 0 Å². The highest BCUT2D eigenvalue weighted by Crippen LogP contribution is 2.36. The van der Waals surface area contributed by atoms with E-state index in [2.05, 4.69) is 19.9 Å². The van der Waals surface area contributed by atoms with Gasteiger partial charge in [0.25, 0.3) is 0 Å². The topological polar surface area (TPSA) is 85.8 Å². The number of carbonyl (C=O) groups is 1. The quantitative estimate of drug-likeness (QED) is 0.541. The van der Waals surface area contributed by atoms with Crippen LogP contribution >= 0.6 is 0 Å². The van der Waals surface area contributed by atoms with Gasteiger partial charge in [-0.15, -0.1) is 0 Å². The smallest absolute Gasteiger partial charge is 0.224 e. The maximum Gasteiger partial charge on any atom is 0.224 e. The van der Waals surface area contributed by atoms with Crippen LogP contribution in [-0.4, -0.2) is 20.4 Å². The van der Waals surface area contributed by atoms with Gasteiger partial charge in [0.15, 0.2) is 5.82 Å². The van der Waals surface area contributed by atoms with E-state index in [0.29, 0.717) is 18.8 Å². The van der Waals surface area contributed by atoms with Gasteiger partial charge >= 0.3 is 0 Å². The number of nitrogens with two attached hydrogens (primary N) is 1. The second kappa shape index (κ2) is 7.63. The first kappa shape index (κ1) is 18.4. The van der Waals surface area contributed by atoms with E-state index < -0.39 is 0 Å². The lowest BCUT2D eigenvalue weighted by molar-refractivity contribution is -0.120. The van der Waals surface area contributed by atoms with Crippen LogP contribution in [0.15, 0.2) is 60.9 Å². The van der Waals surface area contributed by atoms with Crippen LogP contribution in [0.2, 0.25) is 0 Å². The van der Waals surface area contributed by atoms with E-state index in [1.807, 2.05) is 54.6 Å². The van der Waals surface area contributed by atoms with E-state index in [4.69, 9.17) is 5.73 Å². The van der Waals surface area contributed by atoms with Crippen molar-refractivity contribution in [2.45, 2.75) is 32.2 Å². The second-order valence-corrected chi connectivity index (χ2v) is 7.68. The van der Waals surface area contributed by atoms with Crippen LogP contribution in [0.5, 0.6) is 0 Å². The predicted molar refractivity (Wildman–Crippen MR) is 117 cm³/mol. The number of benzene rings is 2. The fourth-order valence-corrected chi connectivity index (χ4v) is 4.29. The maximum atomic E-state index is 12.3. The summed E-state index contributed by atoms with van der Waals surface area (Å²) < 4.78 is 2.19. The fourth-order valence-electron chi connectivity index (χ4n) is 4.29.